The third-order valence-corrected chi connectivity index (χ3v) is 2.70. The number of rotatable bonds is 2. The van der Waals surface area contributed by atoms with Gasteiger partial charge in [-0.3, -0.25) is 4.79 Å². The summed E-state index contributed by atoms with van der Waals surface area (Å²) < 4.78 is 0. The molecule has 0 saturated heterocycles. The molecule has 3 heteroatoms. The minimum absolute atomic E-state index is 0.559. The van der Waals surface area contributed by atoms with Crippen LogP contribution < -0.4 is 0 Å². The van der Waals surface area contributed by atoms with E-state index in [2.05, 4.69) is 0 Å². The Morgan fingerprint density at radius 1 is 0.938 bits per heavy atom. The summed E-state index contributed by atoms with van der Waals surface area (Å²) in [7, 11) is 0. The molecule has 0 aliphatic carbocycles. The van der Waals surface area contributed by atoms with Gasteiger partial charge in [-0.1, -0.05) is 47.5 Å². The highest BCUT2D eigenvalue weighted by molar-refractivity contribution is 6.35. The van der Waals surface area contributed by atoms with Crippen LogP contribution in [0.5, 0.6) is 0 Å². The van der Waals surface area contributed by atoms with Crippen LogP contribution in [0.2, 0.25) is 10.0 Å². The van der Waals surface area contributed by atoms with E-state index in [1.54, 1.807) is 24.3 Å². The van der Waals surface area contributed by atoms with E-state index in [1.807, 2.05) is 18.2 Å². The zero-order valence-corrected chi connectivity index (χ0v) is 9.79. The average Bonchev–Trinajstić information content (AvgIpc) is 2.27. The summed E-state index contributed by atoms with van der Waals surface area (Å²) in [5, 5.41) is 1.12. The molecule has 0 spiro atoms. The van der Waals surface area contributed by atoms with E-state index < -0.39 is 0 Å². The molecule has 80 valence electrons. The highest BCUT2D eigenvalue weighted by atomic mass is 35.5. The van der Waals surface area contributed by atoms with E-state index in [-0.39, 0.29) is 0 Å². The van der Waals surface area contributed by atoms with Crippen LogP contribution in [0.4, 0.5) is 0 Å². The molecule has 0 amide bonds. The average molecular weight is 251 g/mol. The molecule has 0 N–H and O–H groups in total. The SMILES string of the molecule is O=Cc1ccccc1-c1cc(Cl)cc(Cl)c1. The van der Waals surface area contributed by atoms with Crippen LogP contribution in [0.25, 0.3) is 11.1 Å². The second kappa shape index (κ2) is 4.69. The highest BCUT2D eigenvalue weighted by Crippen LogP contribution is 2.28. The monoisotopic (exact) mass is 250 g/mol. The predicted octanol–water partition coefficient (Wildman–Crippen LogP) is 4.47. The second-order valence-electron chi connectivity index (χ2n) is 3.36. The van der Waals surface area contributed by atoms with Gasteiger partial charge in [0.05, 0.1) is 0 Å². The molecule has 0 radical (unpaired) electrons. The molecule has 16 heavy (non-hydrogen) atoms. The van der Waals surface area contributed by atoms with E-state index in [0.29, 0.717) is 15.6 Å². The second-order valence-corrected chi connectivity index (χ2v) is 4.24. The largest absolute Gasteiger partial charge is 0.298 e. The van der Waals surface area contributed by atoms with Crippen LogP contribution in [0.15, 0.2) is 42.5 Å². The molecule has 0 aromatic heterocycles. The van der Waals surface area contributed by atoms with Crippen molar-refractivity contribution in [1.82, 2.24) is 0 Å². The minimum Gasteiger partial charge on any atom is -0.298 e. The molecule has 0 aliphatic rings. The predicted molar refractivity (Wildman–Crippen MR) is 67.3 cm³/mol. The summed E-state index contributed by atoms with van der Waals surface area (Å²) in [6.07, 6.45) is 0.824. The minimum atomic E-state index is 0.559. The van der Waals surface area contributed by atoms with Gasteiger partial charge in [0.15, 0.2) is 6.29 Å². The van der Waals surface area contributed by atoms with Crippen LogP contribution in [0, 0.1) is 0 Å². The number of carbonyl (C=O) groups excluding carboxylic acids is 1. The first-order chi connectivity index (χ1) is 7.70. The number of hydrogen-bond donors (Lipinski definition) is 0. The van der Waals surface area contributed by atoms with Crippen molar-refractivity contribution in [2.24, 2.45) is 0 Å². The Balaban J connectivity index is 2.62. The van der Waals surface area contributed by atoms with Gasteiger partial charge in [0.2, 0.25) is 0 Å². The fourth-order valence-electron chi connectivity index (χ4n) is 1.57. The quantitative estimate of drug-likeness (QED) is 0.719. The van der Waals surface area contributed by atoms with Gasteiger partial charge in [-0.2, -0.15) is 0 Å². The molecule has 0 unspecified atom stereocenters. The lowest BCUT2D eigenvalue weighted by Crippen LogP contribution is -1.86. The van der Waals surface area contributed by atoms with Crippen molar-refractivity contribution in [3.63, 3.8) is 0 Å². The molecule has 1 nitrogen and oxygen atoms in total. The van der Waals surface area contributed by atoms with E-state index in [9.17, 15) is 4.79 Å². The molecular weight excluding hydrogens is 243 g/mol. The maximum absolute atomic E-state index is 10.9. The van der Waals surface area contributed by atoms with Crippen molar-refractivity contribution >= 4 is 29.5 Å². The number of carbonyl (C=O) groups is 1. The highest BCUT2D eigenvalue weighted by Gasteiger charge is 2.05. The lowest BCUT2D eigenvalue weighted by atomic mass is 10.0. The first kappa shape index (κ1) is 11.2. The molecule has 0 atom stereocenters. The van der Waals surface area contributed by atoms with E-state index in [4.69, 9.17) is 23.2 Å². The molecule has 2 aromatic carbocycles. The van der Waals surface area contributed by atoms with E-state index in [1.165, 1.54) is 0 Å². The molecule has 0 bridgehead atoms. The summed E-state index contributed by atoms with van der Waals surface area (Å²) in [6.45, 7) is 0. The molecule has 0 fully saturated rings. The topological polar surface area (TPSA) is 17.1 Å². The van der Waals surface area contributed by atoms with Crippen molar-refractivity contribution < 1.29 is 4.79 Å². The summed E-state index contributed by atoms with van der Waals surface area (Å²) >= 11 is 11.8. The summed E-state index contributed by atoms with van der Waals surface area (Å²) in [5.74, 6) is 0. The third-order valence-electron chi connectivity index (χ3n) is 2.26. The number of aldehydes is 1. The Bertz CT molecular complexity index is 515. The molecule has 0 aliphatic heterocycles. The van der Waals surface area contributed by atoms with Crippen LogP contribution in [-0.4, -0.2) is 6.29 Å². The van der Waals surface area contributed by atoms with Crippen LogP contribution in [0.3, 0.4) is 0 Å². The fourth-order valence-corrected chi connectivity index (χ4v) is 2.10. The molecule has 2 aromatic rings. The molecular formula is C13H8Cl2O. The Morgan fingerprint density at radius 3 is 2.19 bits per heavy atom. The standard InChI is InChI=1S/C13H8Cl2O/c14-11-5-10(6-12(15)7-11)13-4-2-1-3-9(13)8-16/h1-8H. The van der Waals surface area contributed by atoms with Gasteiger partial charge in [0, 0.05) is 15.6 Å². The van der Waals surface area contributed by atoms with Crippen LogP contribution >= 0.6 is 23.2 Å². The summed E-state index contributed by atoms with van der Waals surface area (Å²) in [6, 6.07) is 12.6. The number of hydrogen-bond acceptors (Lipinski definition) is 1. The normalized spacial score (nSPS) is 10.1. The Labute approximate surface area is 104 Å². The smallest absolute Gasteiger partial charge is 0.150 e. The van der Waals surface area contributed by atoms with Crippen molar-refractivity contribution in [2.75, 3.05) is 0 Å². The van der Waals surface area contributed by atoms with Crippen molar-refractivity contribution in [2.45, 2.75) is 0 Å². The van der Waals surface area contributed by atoms with Crippen molar-refractivity contribution in [3.05, 3.63) is 58.1 Å². The lowest BCUT2D eigenvalue weighted by Gasteiger charge is -2.05. The third kappa shape index (κ3) is 2.26. The van der Waals surface area contributed by atoms with Gasteiger partial charge in [0.25, 0.3) is 0 Å². The maximum Gasteiger partial charge on any atom is 0.150 e. The zero-order valence-electron chi connectivity index (χ0n) is 8.28. The van der Waals surface area contributed by atoms with E-state index in [0.717, 1.165) is 17.4 Å². The Morgan fingerprint density at radius 2 is 1.56 bits per heavy atom. The summed E-state index contributed by atoms with van der Waals surface area (Å²) in [4.78, 5) is 10.9. The lowest BCUT2D eigenvalue weighted by molar-refractivity contribution is 0.112. The fraction of sp³-hybridized carbons (Fsp3) is 0. The van der Waals surface area contributed by atoms with Gasteiger partial charge in [-0.05, 0) is 29.3 Å². The Hall–Kier alpha value is -1.31. The molecule has 2 rings (SSSR count). The Kier molecular flexibility index (Phi) is 3.28. The van der Waals surface area contributed by atoms with Gasteiger partial charge in [-0.25, -0.2) is 0 Å². The van der Waals surface area contributed by atoms with Crippen molar-refractivity contribution in [1.29, 1.82) is 0 Å². The van der Waals surface area contributed by atoms with Gasteiger partial charge >= 0.3 is 0 Å². The summed E-state index contributed by atoms with van der Waals surface area (Å²) in [5.41, 5.74) is 2.31. The van der Waals surface area contributed by atoms with Gasteiger partial charge in [0.1, 0.15) is 0 Å². The van der Waals surface area contributed by atoms with Gasteiger partial charge < -0.3 is 0 Å². The van der Waals surface area contributed by atoms with E-state index >= 15 is 0 Å². The van der Waals surface area contributed by atoms with Gasteiger partial charge in [-0.15, -0.1) is 0 Å². The first-order valence-corrected chi connectivity index (χ1v) is 5.47. The number of benzene rings is 2. The zero-order chi connectivity index (χ0) is 11.5. The van der Waals surface area contributed by atoms with Crippen LogP contribution in [0.1, 0.15) is 10.4 Å². The molecule has 0 heterocycles. The van der Waals surface area contributed by atoms with Crippen molar-refractivity contribution in [3.8, 4) is 11.1 Å². The first-order valence-electron chi connectivity index (χ1n) is 4.71. The molecule has 0 saturated carbocycles. The van der Waals surface area contributed by atoms with Crippen LogP contribution in [-0.2, 0) is 0 Å². The number of halogens is 2. The maximum atomic E-state index is 10.9.